The van der Waals surface area contributed by atoms with Crippen LogP contribution < -0.4 is 0 Å². The average Bonchev–Trinajstić information content (AvgIpc) is 2.83. The first kappa shape index (κ1) is 15.6. The summed E-state index contributed by atoms with van der Waals surface area (Å²) in [6.45, 7) is 6.44. The molecule has 0 unspecified atom stereocenters. The molecule has 21 heavy (non-hydrogen) atoms. The quantitative estimate of drug-likeness (QED) is 0.856. The maximum Gasteiger partial charge on any atom is 0.335 e. The van der Waals surface area contributed by atoms with E-state index in [4.69, 9.17) is 5.11 Å². The minimum atomic E-state index is -0.892. The lowest BCUT2D eigenvalue weighted by molar-refractivity contribution is 0.0697. The Bertz CT molecular complexity index is 656. The second-order valence-electron chi connectivity index (χ2n) is 5.67. The molecule has 1 aromatic heterocycles. The fraction of sp³-hybridized carbons (Fsp3) is 0.471. The van der Waals surface area contributed by atoms with Gasteiger partial charge in [-0.3, -0.25) is 0 Å². The van der Waals surface area contributed by atoms with E-state index in [2.05, 4.69) is 24.6 Å². The Morgan fingerprint density at radius 3 is 2.52 bits per heavy atom. The number of aliphatic hydroxyl groups excluding tert-OH is 1. The zero-order valence-electron chi connectivity index (χ0n) is 12.9. The fourth-order valence-corrected chi connectivity index (χ4v) is 2.82. The lowest BCUT2D eigenvalue weighted by Gasteiger charge is -2.12. The predicted molar refractivity (Wildman–Crippen MR) is 84.1 cm³/mol. The molecule has 0 saturated carbocycles. The summed E-state index contributed by atoms with van der Waals surface area (Å²) in [5, 5.41) is 19.4. The maximum atomic E-state index is 11.3. The van der Waals surface area contributed by atoms with Crippen molar-refractivity contribution in [2.45, 2.75) is 46.1 Å². The number of fused-ring (bicyclic) bond motifs is 1. The number of carboxylic acids is 1. The zero-order valence-corrected chi connectivity index (χ0v) is 12.9. The van der Waals surface area contributed by atoms with Crippen molar-refractivity contribution in [2.75, 3.05) is 6.61 Å². The molecule has 2 rings (SSSR count). The number of aromatic nitrogens is 1. The normalized spacial score (nSPS) is 11.5. The molecule has 114 valence electrons. The number of carboxylic acid groups (broad SMARTS) is 1. The van der Waals surface area contributed by atoms with Gasteiger partial charge in [-0.05, 0) is 56.4 Å². The predicted octanol–water partition coefficient (Wildman–Crippen LogP) is 3.41. The Morgan fingerprint density at radius 1 is 1.29 bits per heavy atom. The van der Waals surface area contributed by atoms with Crippen LogP contribution in [0.1, 0.15) is 54.7 Å². The molecule has 0 aliphatic heterocycles. The Hall–Kier alpha value is -1.81. The highest BCUT2D eigenvalue weighted by Crippen LogP contribution is 2.30. The van der Waals surface area contributed by atoms with E-state index in [1.165, 1.54) is 0 Å². The van der Waals surface area contributed by atoms with Gasteiger partial charge in [0.2, 0.25) is 0 Å². The van der Waals surface area contributed by atoms with E-state index >= 15 is 0 Å². The van der Waals surface area contributed by atoms with Gasteiger partial charge in [-0.1, -0.05) is 6.92 Å². The van der Waals surface area contributed by atoms with E-state index in [9.17, 15) is 9.90 Å². The number of rotatable bonds is 6. The molecule has 4 nitrogen and oxygen atoms in total. The van der Waals surface area contributed by atoms with Gasteiger partial charge in [0.15, 0.2) is 0 Å². The van der Waals surface area contributed by atoms with Gasteiger partial charge in [-0.15, -0.1) is 0 Å². The number of aliphatic hydroxyl groups is 1. The summed E-state index contributed by atoms with van der Waals surface area (Å²) in [5.74, 6) is -0.892. The van der Waals surface area contributed by atoms with Crippen molar-refractivity contribution in [3.8, 4) is 0 Å². The molecule has 0 atom stereocenters. The van der Waals surface area contributed by atoms with Gasteiger partial charge in [-0.2, -0.15) is 0 Å². The van der Waals surface area contributed by atoms with E-state index < -0.39 is 5.97 Å². The van der Waals surface area contributed by atoms with Crippen LogP contribution in [0.15, 0.2) is 18.3 Å². The minimum absolute atomic E-state index is 0.146. The highest BCUT2D eigenvalue weighted by atomic mass is 16.4. The molecule has 0 aliphatic carbocycles. The summed E-state index contributed by atoms with van der Waals surface area (Å²) in [6.07, 6.45) is 4.36. The van der Waals surface area contributed by atoms with Gasteiger partial charge in [0.05, 0.1) is 11.1 Å². The fourth-order valence-electron chi connectivity index (χ4n) is 2.82. The summed E-state index contributed by atoms with van der Waals surface area (Å²) in [4.78, 5) is 11.3. The van der Waals surface area contributed by atoms with Crippen molar-refractivity contribution in [2.24, 2.45) is 0 Å². The van der Waals surface area contributed by atoms with Crippen LogP contribution in [0.4, 0.5) is 0 Å². The van der Waals surface area contributed by atoms with Crippen LogP contribution in [0.2, 0.25) is 0 Å². The number of nitrogens with zero attached hydrogens (tertiary/aromatic N) is 1. The lowest BCUT2D eigenvalue weighted by atomic mass is 10.0. The van der Waals surface area contributed by atoms with Gasteiger partial charge < -0.3 is 14.8 Å². The molecule has 1 aromatic carbocycles. The first-order valence-electron chi connectivity index (χ1n) is 7.50. The van der Waals surface area contributed by atoms with Crippen molar-refractivity contribution in [1.29, 1.82) is 0 Å². The van der Waals surface area contributed by atoms with Crippen LogP contribution in [0.5, 0.6) is 0 Å². The number of benzene rings is 1. The van der Waals surface area contributed by atoms with E-state index in [-0.39, 0.29) is 6.61 Å². The number of aromatic carboxylic acids is 1. The molecule has 0 bridgehead atoms. The Balaban J connectivity index is 2.73. The Labute approximate surface area is 125 Å². The Morgan fingerprint density at radius 2 is 2.00 bits per heavy atom. The van der Waals surface area contributed by atoms with Gasteiger partial charge in [0.25, 0.3) is 0 Å². The molecule has 1 heterocycles. The van der Waals surface area contributed by atoms with Gasteiger partial charge >= 0.3 is 5.97 Å². The smallest absolute Gasteiger partial charge is 0.335 e. The van der Waals surface area contributed by atoms with Gasteiger partial charge in [-0.25, -0.2) is 4.79 Å². The molecule has 4 heteroatoms. The molecular weight excluding hydrogens is 266 g/mol. The number of hydrogen-bond acceptors (Lipinski definition) is 2. The number of hydrogen-bond donors (Lipinski definition) is 2. The SMILES string of the molecule is CCc1cc(C(=O)O)cc2c(CCCO)cn(C(C)C)c12. The molecule has 0 saturated heterocycles. The summed E-state index contributed by atoms with van der Waals surface area (Å²) in [7, 11) is 0. The maximum absolute atomic E-state index is 11.3. The van der Waals surface area contributed by atoms with Crippen molar-refractivity contribution in [3.05, 3.63) is 35.0 Å². The third-order valence-corrected chi connectivity index (χ3v) is 3.88. The van der Waals surface area contributed by atoms with Crippen LogP contribution in [0, 0.1) is 0 Å². The van der Waals surface area contributed by atoms with E-state index in [1.807, 2.05) is 6.92 Å². The second-order valence-corrected chi connectivity index (χ2v) is 5.67. The van der Waals surface area contributed by atoms with E-state index in [1.54, 1.807) is 12.1 Å². The molecule has 0 fully saturated rings. The number of carbonyl (C=O) groups is 1. The first-order valence-corrected chi connectivity index (χ1v) is 7.50. The summed E-state index contributed by atoms with van der Waals surface area (Å²) in [5.41, 5.74) is 3.65. The third-order valence-electron chi connectivity index (χ3n) is 3.88. The zero-order chi connectivity index (χ0) is 15.6. The monoisotopic (exact) mass is 289 g/mol. The van der Waals surface area contributed by atoms with Crippen LogP contribution in [0.3, 0.4) is 0 Å². The van der Waals surface area contributed by atoms with Crippen LogP contribution in [0.25, 0.3) is 10.9 Å². The summed E-state index contributed by atoms with van der Waals surface area (Å²) in [6, 6.07) is 3.86. The highest BCUT2D eigenvalue weighted by molar-refractivity contribution is 5.96. The van der Waals surface area contributed by atoms with Gasteiger partial charge in [0, 0.05) is 24.2 Å². The Kier molecular flexibility index (Phi) is 4.68. The summed E-state index contributed by atoms with van der Waals surface area (Å²) >= 11 is 0. The standard InChI is InChI=1S/C17H23NO3/c1-4-12-8-14(17(20)21)9-15-13(6-5-7-19)10-18(11(2)3)16(12)15/h8-11,19H,4-7H2,1-3H3,(H,20,21). The highest BCUT2D eigenvalue weighted by Gasteiger charge is 2.16. The molecule has 2 aromatic rings. The largest absolute Gasteiger partial charge is 0.478 e. The molecule has 0 radical (unpaired) electrons. The van der Waals surface area contributed by atoms with Crippen LogP contribution >= 0.6 is 0 Å². The third kappa shape index (κ3) is 2.95. The minimum Gasteiger partial charge on any atom is -0.478 e. The van der Waals surface area contributed by atoms with Crippen molar-refractivity contribution < 1.29 is 15.0 Å². The second kappa shape index (κ2) is 6.31. The lowest BCUT2D eigenvalue weighted by Crippen LogP contribution is -2.03. The van der Waals surface area contributed by atoms with Crippen molar-refractivity contribution >= 4 is 16.9 Å². The molecule has 2 N–H and O–H groups in total. The van der Waals surface area contributed by atoms with Crippen molar-refractivity contribution in [1.82, 2.24) is 4.57 Å². The summed E-state index contributed by atoms with van der Waals surface area (Å²) < 4.78 is 2.21. The molecule has 0 aliphatic rings. The van der Waals surface area contributed by atoms with Crippen LogP contribution in [-0.2, 0) is 12.8 Å². The topological polar surface area (TPSA) is 62.5 Å². The number of aryl methyl sites for hydroxylation is 2. The van der Waals surface area contributed by atoms with E-state index in [0.29, 0.717) is 18.0 Å². The molecule has 0 spiro atoms. The van der Waals surface area contributed by atoms with Crippen molar-refractivity contribution in [3.63, 3.8) is 0 Å². The first-order chi connectivity index (χ1) is 9.99. The van der Waals surface area contributed by atoms with Crippen LogP contribution in [-0.4, -0.2) is 27.4 Å². The van der Waals surface area contributed by atoms with Gasteiger partial charge in [0.1, 0.15) is 0 Å². The molecule has 0 amide bonds. The average molecular weight is 289 g/mol. The van der Waals surface area contributed by atoms with E-state index in [0.717, 1.165) is 34.9 Å². The molecular formula is C17H23NO3.